The van der Waals surface area contributed by atoms with Gasteiger partial charge in [0.1, 0.15) is 22.7 Å². The lowest BCUT2D eigenvalue weighted by atomic mass is 10.1. The Labute approximate surface area is 159 Å². The van der Waals surface area contributed by atoms with E-state index < -0.39 is 15.8 Å². The summed E-state index contributed by atoms with van der Waals surface area (Å²) in [5.41, 5.74) is 1.39. The first kappa shape index (κ1) is 17.6. The first-order chi connectivity index (χ1) is 12.9. The summed E-state index contributed by atoms with van der Waals surface area (Å²) < 4.78 is 52.2. The second kappa shape index (κ2) is 6.44. The van der Waals surface area contributed by atoms with Gasteiger partial charge in [-0.2, -0.15) is 0 Å². The molecule has 0 unspecified atom stereocenters. The Morgan fingerprint density at radius 2 is 1.81 bits per heavy atom. The summed E-state index contributed by atoms with van der Waals surface area (Å²) in [7, 11) is -2.57. The third kappa shape index (κ3) is 3.09. The van der Waals surface area contributed by atoms with Crippen LogP contribution in [0, 0.1) is 5.82 Å². The predicted octanol–water partition coefficient (Wildman–Crippen LogP) is 5.19. The zero-order chi connectivity index (χ0) is 19.2. The van der Waals surface area contributed by atoms with Crippen LogP contribution in [-0.2, 0) is 10.0 Å². The topological polar surface area (TPSA) is 68.5 Å². The van der Waals surface area contributed by atoms with Gasteiger partial charge in [-0.1, -0.05) is 29.8 Å². The van der Waals surface area contributed by atoms with Crippen LogP contribution >= 0.6 is 11.6 Å². The Bertz CT molecular complexity index is 1280. The molecule has 0 bridgehead atoms. The number of sulfonamides is 1. The Balaban J connectivity index is 1.82. The minimum absolute atomic E-state index is 0.166. The van der Waals surface area contributed by atoms with E-state index >= 15 is 0 Å². The van der Waals surface area contributed by atoms with Crippen LogP contribution in [0.4, 0.5) is 10.1 Å². The molecule has 27 heavy (non-hydrogen) atoms. The fourth-order valence-electron chi connectivity index (χ4n) is 2.85. The number of hydrogen-bond acceptors (Lipinski definition) is 4. The van der Waals surface area contributed by atoms with Gasteiger partial charge in [-0.15, -0.1) is 0 Å². The molecule has 138 valence electrons. The first-order valence-electron chi connectivity index (χ1n) is 7.86. The summed E-state index contributed by atoms with van der Waals surface area (Å²) in [6.45, 7) is 0. The van der Waals surface area contributed by atoms with Gasteiger partial charge in [0.2, 0.25) is 0 Å². The first-order valence-corrected chi connectivity index (χ1v) is 9.72. The highest BCUT2D eigenvalue weighted by molar-refractivity contribution is 7.92. The molecule has 4 aromatic rings. The third-order valence-corrected chi connectivity index (χ3v) is 5.80. The number of hydrogen-bond donors (Lipinski definition) is 1. The van der Waals surface area contributed by atoms with Crippen molar-refractivity contribution < 1.29 is 22.0 Å². The van der Waals surface area contributed by atoms with Crippen molar-refractivity contribution in [2.75, 3.05) is 11.8 Å². The number of benzene rings is 3. The van der Waals surface area contributed by atoms with Gasteiger partial charge in [0.05, 0.1) is 22.7 Å². The number of furan rings is 1. The van der Waals surface area contributed by atoms with Gasteiger partial charge in [0.25, 0.3) is 10.0 Å². The van der Waals surface area contributed by atoms with E-state index in [0.717, 1.165) is 29.0 Å². The van der Waals surface area contributed by atoms with Gasteiger partial charge in [-0.3, -0.25) is 4.72 Å². The lowest BCUT2D eigenvalue weighted by Crippen LogP contribution is -2.13. The molecular formula is C19H13ClFNO4S. The number of fused-ring (bicyclic) bond motifs is 3. The highest BCUT2D eigenvalue weighted by atomic mass is 35.5. The molecule has 0 fully saturated rings. The molecule has 0 saturated carbocycles. The van der Waals surface area contributed by atoms with E-state index in [1.807, 2.05) is 24.3 Å². The highest BCUT2D eigenvalue weighted by Gasteiger charge is 2.20. The monoisotopic (exact) mass is 405 g/mol. The van der Waals surface area contributed by atoms with E-state index in [9.17, 15) is 12.8 Å². The molecule has 0 amide bonds. The SMILES string of the molecule is COc1cc2c(cc1NS(=O)(=O)c1ccc(F)c(Cl)c1)oc1ccccc12. The quantitative estimate of drug-likeness (QED) is 0.507. The van der Waals surface area contributed by atoms with Gasteiger partial charge in [0, 0.05) is 16.8 Å². The van der Waals surface area contributed by atoms with Crippen LogP contribution in [0.15, 0.2) is 63.9 Å². The number of methoxy groups -OCH3 is 1. The van der Waals surface area contributed by atoms with Gasteiger partial charge in [-0.25, -0.2) is 12.8 Å². The van der Waals surface area contributed by atoms with E-state index in [0.29, 0.717) is 16.9 Å². The van der Waals surface area contributed by atoms with Crippen molar-refractivity contribution in [3.8, 4) is 5.75 Å². The molecule has 0 aliphatic rings. The lowest BCUT2D eigenvalue weighted by Gasteiger charge is -2.12. The number of rotatable bonds is 4. The third-order valence-electron chi connectivity index (χ3n) is 4.14. The van der Waals surface area contributed by atoms with Crippen LogP contribution in [-0.4, -0.2) is 15.5 Å². The zero-order valence-corrected chi connectivity index (χ0v) is 15.6. The Morgan fingerprint density at radius 1 is 1.04 bits per heavy atom. The summed E-state index contributed by atoms with van der Waals surface area (Å²) in [4.78, 5) is -0.166. The Kier molecular flexibility index (Phi) is 4.20. The maximum Gasteiger partial charge on any atom is 0.262 e. The molecule has 1 heterocycles. The van der Waals surface area contributed by atoms with E-state index in [1.54, 1.807) is 12.1 Å². The second-order valence-corrected chi connectivity index (χ2v) is 7.92. The molecule has 0 radical (unpaired) electrons. The number of anilines is 1. The van der Waals surface area contributed by atoms with Gasteiger partial charge in [0.15, 0.2) is 0 Å². The smallest absolute Gasteiger partial charge is 0.262 e. The maximum atomic E-state index is 13.3. The fraction of sp³-hybridized carbons (Fsp3) is 0.0526. The van der Waals surface area contributed by atoms with E-state index in [2.05, 4.69) is 4.72 Å². The highest BCUT2D eigenvalue weighted by Crippen LogP contribution is 2.37. The summed E-state index contributed by atoms with van der Waals surface area (Å²) in [6, 6.07) is 13.9. The standard InChI is InChI=1S/C19H13ClFNO4S/c1-25-19-9-13-12-4-2-3-5-17(12)26-18(13)10-16(19)22-27(23,24)11-6-7-15(21)14(20)8-11/h2-10,22H,1H3. The van der Waals surface area contributed by atoms with Crippen LogP contribution in [0.5, 0.6) is 5.75 Å². The molecule has 5 nitrogen and oxygen atoms in total. The summed E-state index contributed by atoms with van der Waals surface area (Å²) in [5.74, 6) is -0.372. The van der Waals surface area contributed by atoms with Crippen molar-refractivity contribution in [1.29, 1.82) is 0 Å². The van der Waals surface area contributed by atoms with Gasteiger partial charge in [-0.05, 0) is 30.3 Å². The second-order valence-electron chi connectivity index (χ2n) is 5.83. The largest absolute Gasteiger partial charge is 0.495 e. The Hall–Kier alpha value is -2.77. The van der Waals surface area contributed by atoms with Crippen molar-refractivity contribution in [1.82, 2.24) is 0 Å². The summed E-state index contributed by atoms with van der Waals surface area (Å²) in [5, 5.41) is 1.42. The average molecular weight is 406 g/mol. The fourth-order valence-corrected chi connectivity index (χ4v) is 4.18. The molecule has 0 aliphatic heterocycles. The van der Waals surface area contributed by atoms with Crippen LogP contribution in [0.1, 0.15) is 0 Å². The molecule has 0 atom stereocenters. The number of halogens is 2. The van der Waals surface area contributed by atoms with Gasteiger partial charge >= 0.3 is 0 Å². The molecule has 4 rings (SSSR count). The van der Waals surface area contributed by atoms with Crippen molar-refractivity contribution in [3.63, 3.8) is 0 Å². The van der Waals surface area contributed by atoms with Crippen molar-refractivity contribution in [2.45, 2.75) is 4.90 Å². The van der Waals surface area contributed by atoms with Crippen LogP contribution in [0.3, 0.4) is 0 Å². The molecule has 8 heteroatoms. The normalized spacial score (nSPS) is 11.8. The number of nitrogens with one attached hydrogen (secondary N) is 1. The molecule has 0 saturated heterocycles. The number of para-hydroxylation sites is 1. The van der Waals surface area contributed by atoms with Crippen LogP contribution < -0.4 is 9.46 Å². The van der Waals surface area contributed by atoms with Crippen molar-refractivity contribution >= 4 is 49.3 Å². The lowest BCUT2D eigenvalue weighted by molar-refractivity contribution is 0.417. The predicted molar refractivity (Wildman–Crippen MR) is 102 cm³/mol. The molecular weight excluding hydrogens is 393 g/mol. The minimum Gasteiger partial charge on any atom is -0.495 e. The molecule has 1 aromatic heterocycles. The van der Waals surface area contributed by atoms with Crippen molar-refractivity contribution in [3.05, 3.63) is 65.4 Å². The average Bonchev–Trinajstić information content (AvgIpc) is 3.00. The minimum atomic E-state index is -4.01. The summed E-state index contributed by atoms with van der Waals surface area (Å²) in [6.07, 6.45) is 0. The van der Waals surface area contributed by atoms with Crippen molar-refractivity contribution in [2.24, 2.45) is 0 Å². The van der Waals surface area contributed by atoms with Gasteiger partial charge < -0.3 is 9.15 Å². The van der Waals surface area contributed by atoms with Crippen LogP contribution in [0.2, 0.25) is 5.02 Å². The molecule has 0 spiro atoms. The maximum absolute atomic E-state index is 13.3. The number of ether oxygens (including phenoxy) is 1. The molecule has 1 N–H and O–H groups in total. The van der Waals surface area contributed by atoms with E-state index in [-0.39, 0.29) is 15.6 Å². The van der Waals surface area contributed by atoms with E-state index in [1.165, 1.54) is 7.11 Å². The zero-order valence-electron chi connectivity index (χ0n) is 14.0. The Morgan fingerprint density at radius 3 is 2.56 bits per heavy atom. The molecule has 3 aromatic carbocycles. The summed E-state index contributed by atoms with van der Waals surface area (Å²) >= 11 is 5.70. The molecule has 0 aliphatic carbocycles. The van der Waals surface area contributed by atoms with E-state index in [4.69, 9.17) is 20.8 Å². The van der Waals surface area contributed by atoms with Crippen LogP contribution in [0.25, 0.3) is 21.9 Å².